The molecule has 2 aromatic rings. The van der Waals surface area contributed by atoms with E-state index in [-0.39, 0.29) is 11.3 Å². The summed E-state index contributed by atoms with van der Waals surface area (Å²) in [6.07, 6.45) is 1.05. The minimum Gasteiger partial charge on any atom is -0.497 e. The van der Waals surface area contributed by atoms with Gasteiger partial charge in [-0.3, -0.25) is 9.69 Å². The van der Waals surface area contributed by atoms with Crippen LogP contribution in [0.2, 0.25) is 0 Å². The fraction of sp³-hybridized carbons (Fsp3) is 0.542. The number of benzene rings is 1. The van der Waals surface area contributed by atoms with Gasteiger partial charge in [-0.1, -0.05) is 32.9 Å². The smallest absolute Gasteiger partial charge is 0.228 e. The number of likely N-dealkylation sites (tertiary alicyclic amines) is 2. The lowest BCUT2D eigenvalue weighted by molar-refractivity contribution is -0.141. The van der Waals surface area contributed by atoms with Crippen molar-refractivity contribution in [1.82, 2.24) is 9.80 Å². The van der Waals surface area contributed by atoms with Gasteiger partial charge >= 0.3 is 0 Å². The molecule has 3 heterocycles. The standard InChI is InChI=1S/C24H32N2O2S/c1-24(2,3)23(27)26-15-20(18-6-5-7-19(12-18)28-4)21-14-25(10-8-22(21)26)13-17-9-11-29-16-17/h5-7,9,11-12,16,20-22H,8,10,13-15H2,1-4H3/t20-,21-,22-/m1/s1. The summed E-state index contributed by atoms with van der Waals surface area (Å²) in [4.78, 5) is 18.0. The third-order valence-corrected chi connectivity index (χ3v) is 7.16. The van der Waals surface area contributed by atoms with Gasteiger partial charge in [-0.05, 0) is 46.5 Å². The topological polar surface area (TPSA) is 32.8 Å². The number of carbonyl (C=O) groups is 1. The van der Waals surface area contributed by atoms with Crippen LogP contribution in [0.25, 0.3) is 0 Å². The van der Waals surface area contributed by atoms with E-state index in [2.05, 4.69) is 44.8 Å². The van der Waals surface area contributed by atoms with E-state index >= 15 is 0 Å². The van der Waals surface area contributed by atoms with Crippen LogP contribution in [0.15, 0.2) is 41.1 Å². The molecule has 2 aliphatic rings. The van der Waals surface area contributed by atoms with E-state index in [1.54, 1.807) is 18.4 Å². The zero-order chi connectivity index (χ0) is 20.6. The molecule has 0 unspecified atom stereocenters. The van der Waals surface area contributed by atoms with Gasteiger partial charge in [0.25, 0.3) is 0 Å². The lowest BCUT2D eigenvalue weighted by Crippen LogP contribution is -2.49. The number of fused-ring (bicyclic) bond motifs is 1. The molecule has 29 heavy (non-hydrogen) atoms. The van der Waals surface area contributed by atoms with E-state index in [0.717, 1.165) is 38.3 Å². The molecule has 0 bridgehead atoms. The number of methoxy groups -OCH3 is 1. The van der Waals surface area contributed by atoms with Crippen LogP contribution in [0.1, 0.15) is 44.2 Å². The van der Waals surface area contributed by atoms with Crippen LogP contribution in [0.5, 0.6) is 5.75 Å². The third kappa shape index (κ3) is 4.22. The highest BCUT2D eigenvalue weighted by molar-refractivity contribution is 7.07. The molecule has 2 aliphatic heterocycles. The number of rotatable bonds is 4. The van der Waals surface area contributed by atoms with Gasteiger partial charge in [-0.15, -0.1) is 0 Å². The molecule has 1 amide bonds. The Morgan fingerprint density at radius 2 is 2.07 bits per heavy atom. The first-order valence-electron chi connectivity index (χ1n) is 10.6. The fourth-order valence-corrected chi connectivity index (χ4v) is 5.64. The maximum atomic E-state index is 13.2. The van der Waals surface area contributed by atoms with Gasteiger partial charge in [-0.2, -0.15) is 11.3 Å². The SMILES string of the molecule is COc1cccc([C@H]2CN(C(=O)C(C)(C)C)[C@@H]3CCN(Cc4ccsc4)C[C@H]23)c1. The Hall–Kier alpha value is -1.85. The molecule has 156 valence electrons. The second kappa shape index (κ2) is 8.11. The van der Waals surface area contributed by atoms with Gasteiger partial charge in [0.2, 0.25) is 5.91 Å². The molecule has 2 saturated heterocycles. The third-order valence-electron chi connectivity index (χ3n) is 6.43. The minimum absolute atomic E-state index is 0.282. The number of amides is 1. The number of carbonyl (C=O) groups excluding carboxylic acids is 1. The largest absolute Gasteiger partial charge is 0.497 e. The predicted octanol–water partition coefficient (Wildman–Crippen LogP) is 4.62. The van der Waals surface area contributed by atoms with Crippen LogP contribution in [0.3, 0.4) is 0 Å². The Kier molecular flexibility index (Phi) is 5.71. The summed E-state index contributed by atoms with van der Waals surface area (Å²) in [6.45, 7) is 10.0. The van der Waals surface area contributed by atoms with Crippen molar-refractivity contribution >= 4 is 17.2 Å². The molecule has 0 radical (unpaired) electrons. The molecule has 0 saturated carbocycles. The van der Waals surface area contributed by atoms with Gasteiger partial charge in [0, 0.05) is 49.5 Å². The summed E-state index contributed by atoms with van der Waals surface area (Å²) in [5.41, 5.74) is 2.34. The summed E-state index contributed by atoms with van der Waals surface area (Å²) in [5, 5.41) is 4.40. The molecule has 4 rings (SSSR count). The Labute approximate surface area is 178 Å². The quantitative estimate of drug-likeness (QED) is 0.735. The van der Waals surface area contributed by atoms with Crippen molar-refractivity contribution in [3.63, 3.8) is 0 Å². The number of ether oxygens (including phenoxy) is 1. The number of hydrogen-bond acceptors (Lipinski definition) is 4. The monoisotopic (exact) mass is 412 g/mol. The predicted molar refractivity (Wildman–Crippen MR) is 118 cm³/mol. The van der Waals surface area contributed by atoms with Crippen molar-refractivity contribution in [2.45, 2.75) is 45.7 Å². The Morgan fingerprint density at radius 3 is 2.76 bits per heavy atom. The average molecular weight is 413 g/mol. The van der Waals surface area contributed by atoms with Crippen LogP contribution < -0.4 is 4.74 Å². The lowest BCUT2D eigenvalue weighted by Gasteiger charge is -2.40. The Morgan fingerprint density at radius 1 is 1.24 bits per heavy atom. The first kappa shape index (κ1) is 20.4. The molecule has 0 spiro atoms. The normalized spacial score (nSPS) is 25.1. The van der Waals surface area contributed by atoms with Crippen LogP contribution in [-0.4, -0.2) is 48.5 Å². The molecule has 1 aromatic carbocycles. The van der Waals surface area contributed by atoms with Crippen LogP contribution in [0, 0.1) is 11.3 Å². The van der Waals surface area contributed by atoms with Crippen molar-refractivity contribution in [3.8, 4) is 5.75 Å². The Balaban J connectivity index is 1.61. The molecule has 3 atom stereocenters. The number of thiophene rings is 1. The van der Waals surface area contributed by atoms with Gasteiger partial charge in [0.05, 0.1) is 7.11 Å². The van der Waals surface area contributed by atoms with E-state index in [1.165, 1.54) is 11.1 Å². The van der Waals surface area contributed by atoms with Crippen molar-refractivity contribution in [3.05, 3.63) is 52.2 Å². The van der Waals surface area contributed by atoms with E-state index in [9.17, 15) is 4.79 Å². The van der Waals surface area contributed by atoms with Crippen LogP contribution in [0.4, 0.5) is 0 Å². The fourth-order valence-electron chi connectivity index (χ4n) is 4.98. The number of nitrogens with zero attached hydrogens (tertiary/aromatic N) is 2. The van der Waals surface area contributed by atoms with Gasteiger partial charge in [0.15, 0.2) is 0 Å². The van der Waals surface area contributed by atoms with E-state index < -0.39 is 0 Å². The summed E-state index contributed by atoms with van der Waals surface area (Å²) >= 11 is 1.76. The van der Waals surface area contributed by atoms with Gasteiger partial charge in [0.1, 0.15) is 5.75 Å². The lowest BCUT2D eigenvalue weighted by atomic mass is 9.81. The van der Waals surface area contributed by atoms with Crippen molar-refractivity contribution in [1.29, 1.82) is 0 Å². The first-order valence-corrected chi connectivity index (χ1v) is 11.5. The van der Waals surface area contributed by atoms with Crippen LogP contribution >= 0.6 is 11.3 Å². The highest BCUT2D eigenvalue weighted by Gasteiger charge is 2.48. The number of piperidine rings is 1. The van der Waals surface area contributed by atoms with Crippen molar-refractivity contribution < 1.29 is 9.53 Å². The van der Waals surface area contributed by atoms with Gasteiger partial charge < -0.3 is 9.64 Å². The van der Waals surface area contributed by atoms with Gasteiger partial charge in [-0.25, -0.2) is 0 Å². The summed E-state index contributed by atoms with van der Waals surface area (Å²) < 4.78 is 5.48. The zero-order valence-electron chi connectivity index (χ0n) is 17.9. The average Bonchev–Trinajstić information content (AvgIpc) is 3.34. The molecule has 0 N–H and O–H groups in total. The van der Waals surface area contributed by atoms with E-state index in [4.69, 9.17) is 4.74 Å². The second-order valence-electron chi connectivity index (χ2n) is 9.48. The molecule has 5 heteroatoms. The first-order chi connectivity index (χ1) is 13.9. The van der Waals surface area contributed by atoms with Crippen LogP contribution in [-0.2, 0) is 11.3 Å². The molecular weight excluding hydrogens is 380 g/mol. The highest BCUT2D eigenvalue weighted by Crippen LogP contribution is 2.43. The van der Waals surface area contributed by atoms with Crippen molar-refractivity contribution in [2.24, 2.45) is 11.3 Å². The molecular formula is C24H32N2O2S. The van der Waals surface area contributed by atoms with Crippen molar-refractivity contribution in [2.75, 3.05) is 26.7 Å². The molecule has 4 nitrogen and oxygen atoms in total. The van der Waals surface area contributed by atoms with E-state index in [0.29, 0.717) is 17.9 Å². The molecule has 2 fully saturated rings. The van der Waals surface area contributed by atoms with E-state index in [1.807, 2.05) is 26.8 Å². The summed E-state index contributed by atoms with van der Waals surface area (Å²) in [7, 11) is 1.72. The minimum atomic E-state index is -0.346. The maximum absolute atomic E-state index is 13.2. The molecule has 1 aromatic heterocycles. The second-order valence-corrected chi connectivity index (χ2v) is 10.3. The maximum Gasteiger partial charge on any atom is 0.228 e. The summed E-state index contributed by atoms with van der Waals surface area (Å²) in [6, 6.07) is 11.0. The highest BCUT2D eigenvalue weighted by atomic mass is 32.1. The number of hydrogen-bond donors (Lipinski definition) is 0. The zero-order valence-corrected chi connectivity index (χ0v) is 18.7. The Bertz CT molecular complexity index is 843. The molecule has 0 aliphatic carbocycles. The summed E-state index contributed by atoms with van der Waals surface area (Å²) in [5.74, 6) is 1.99.